The van der Waals surface area contributed by atoms with Gasteiger partial charge in [-0.15, -0.1) is 0 Å². The van der Waals surface area contributed by atoms with E-state index in [-0.39, 0.29) is 0 Å². The summed E-state index contributed by atoms with van der Waals surface area (Å²) >= 11 is 7.66. The molecule has 1 aromatic carbocycles. The van der Waals surface area contributed by atoms with Gasteiger partial charge in [-0.1, -0.05) is 23.4 Å². The first-order valence-electron chi connectivity index (χ1n) is 3.61. The second-order valence-electron chi connectivity index (χ2n) is 2.70. The lowest BCUT2D eigenvalue weighted by molar-refractivity contribution is 1.47. The summed E-state index contributed by atoms with van der Waals surface area (Å²) in [4.78, 5) is 1.31. The van der Waals surface area contributed by atoms with E-state index in [1.807, 2.05) is 23.9 Å². The Bertz CT molecular complexity index is 231. The van der Waals surface area contributed by atoms with Crippen LogP contribution in [0.5, 0.6) is 0 Å². The molecule has 0 radical (unpaired) electrons. The molecule has 0 nitrogen and oxygen atoms in total. The molecule has 0 aliphatic rings. The average Bonchev–Trinajstić information content (AvgIpc) is 2.03. The van der Waals surface area contributed by atoms with Gasteiger partial charge in [-0.2, -0.15) is 0 Å². The van der Waals surface area contributed by atoms with Crippen LogP contribution in [0.1, 0.15) is 0 Å². The molecule has 1 rings (SSSR count). The maximum absolute atomic E-state index is 5.77. The van der Waals surface area contributed by atoms with E-state index in [1.54, 1.807) is 0 Å². The number of hydrogen-bond acceptors (Lipinski definition) is 1. The van der Waals surface area contributed by atoms with Gasteiger partial charge in [-0.05, 0) is 35.2 Å². The Kier molecular flexibility index (Phi) is 4.33. The summed E-state index contributed by atoms with van der Waals surface area (Å²) in [5.74, 6) is 0. The Balaban J connectivity index is 2.48. The van der Waals surface area contributed by atoms with Crippen molar-refractivity contribution in [2.45, 2.75) is 4.90 Å². The van der Waals surface area contributed by atoms with E-state index in [1.165, 1.54) is 9.98 Å². The first kappa shape index (κ1) is 10.3. The van der Waals surface area contributed by atoms with Crippen LogP contribution in [-0.2, 0) is 10.9 Å². The lowest BCUT2D eigenvalue weighted by Gasteiger charge is -1.98. The molecule has 0 bridgehead atoms. The molecule has 0 unspecified atom stereocenters. The molecule has 0 saturated carbocycles. The van der Waals surface area contributed by atoms with Crippen LogP contribution in [0.3, 0.4) is 0 Å². The van der Waals surface area contributed by atoms with Crippen LogP contribution >= 0.6 is 23.4 Å². The van der Waals surface area contributed by atoms with Crippen molar-refractivity contribution in [3.05, 3.63) is 29.3 Å². The van der Waals surface area contributed by atoms with Gasteiger partial charge in [-0.3, -0.25) is 0 Å². The first-order chi connectivity index (χ1) is 5.68. The molecule has 0 saturated heterocycles. The third-order valence-electron chi connectivity index (χ3n) is 1.27. The van der Waals surface area contributed by atoms with Gasteiger partial charge in [0, 0.05) is 9.92 Å². The van der Waals surface area contributed by atoms with E-state index >= 15 is 0 Å². The zero-order chi connectivity index (χ0) is 8.97. The number of benzene rings is 1. The molecular formula is C9H12ClS2+. The van der Waals surface area contributed by atoms with Gasteiger partial charge in [0.1, 0.15) is 0 Å². The summed E-state index contributed by atoms with van der Waals surface area (Å²) in [6, 6.07) is 8.01. The largest absolute Gasteiger partial charge is 0.157 e. The van der Waals surface area contributed by atoms with Crippen molar-refractivity contribution in [3.8, 4) is 0 Å². The Morgan fingerprint density at radius 3 is 2.33 bits per heavy atom. The Morgan fingerprint density at radius 1 is 1.25 bits per heavy atom. The number of rotatable bonds is 3. The van der Waals surface area contributed by atoms with Gasteiger partial charge in [-0.25, -0.2) is 0 Å². The summed E-state index contributed by atoms with van der Waals surface area (Å²) < 4.78 is 0. The van der Waals surface area contributed by atoms with Crippen LogP contribution in [0, 0.1) is 0 Å². The SMILES string of the molecule is C[S+](C)CSc1ccc(Cl)cc1. The number of hydrogen-bond donors (Lipinski definition) is 0. The highest BCUT2D eigenvalue weighted by atomic mass is 35.5. The predicted molar refractivity (Wildman–Crippen MR) is 61.4 cm³/mol. The molecule has 1 aromatic rings. The third-order valence-corrected chi connectivity index (χ3v) is 4.49. The molecule has 0 fully saturated rings. The molecule has 0 amide bonds. The van der Waals surface area contributed by atoms with Crippen LogP contribution in [-0.4, -0.2) is 17.6 Å². The lowest BCUT2D eigenvalue weighted by atomic mass is 10.4. The first-order valence-corrected chi connectivity index (χ1v) is 7.18. The predicted octanol–water partition coefficient (Wildman–Crippen LogP) is 3.27. The molecule has 66 valence electrons. The van der Waals surface area contributed by atoms with Crippen molar-refractivity contribution < 1.29 is 0 Å². The van der Waals surface area contributed by atoms with Crippen molar-refractivity contribution >= 4 is 34.3 Å². The molecule has 0 atom stereocenters. The molecule has 0 aliphatic carbocycles. The zero-order valence-electron chi connectivity index (χ0n) is 7.21. The van der Waals surface area contributed by atoms with E-state index in [4.69, 9.17) is 11.6 Å². The van der Waals surface area contributed by atoms with E-state index in [9.17, 15) is 0 Å². The van der Waals surface area contributed by atoms with Gasteiger partial charge >= 0.3 is 0 Å². The monoisotopic (exact) mass is 219 g/mol. The van der Waals surface area contributed by atoms with E-state index in [0.29, 0.717) is 10.9 Å². The highest BCUT2D eigenvalue weighted by Crippen LogP contribution is 2.21. The second-order valence-corrected chi connectivity index (χ2v) is 6.81. The Morgan fingerprint density at radius 2 is 1.83 bits per heavy atom. The molecule has 3 heteroatoms. The summed E-state index contributed by atoms with van der Waals surface area (Å²) in [5, 5.41) is 2.01. The van der Waals surface area contributed by atoms with Crippen LogP contribution in [0.2, 0.25) is 5.02 Å². The maximum Gasteiger partial charge on any atom is 0.157 e. The van der Waals surface area contributed by atoms with Gasteiger partial charge in [0.25, 0.3) is 0 Å². The smallest absolute Gasteiger partial charge is 0.0843 e. The van der Waals surface area contributed by atoms with Crippen molar-refractivity contribution in [1.82, 2.24) is 0 Å². The van der Waals surface area contributed by atoms with Crippen LogP contribution in [0.4, 0.5) is 0 Å². The fraction of sp³-hybridized carbons (Fsp3) is 0.333. The molecule has 0 heterocycles. The topological polar surface area (TPSA) is 0 Å². The quantitative estimate of drug-likeness (QED) is 0.556. The maximum atomic E-state index is 5.77. The Labute approximate surface area is 86.0 Å². The molecule has 0 aliphatic heterocycles. The van der Waals surface area contributed by atoms with Crippen molar-refractivity contribution in [2.24, 2.45) is 0 Å². The summed E-state index contributed by atoms with van der Waals surface area (Å²) in [5.41, 5.74) is 0. The van der Waals surface area contributed by atoms with Gasteiger partial charge in [0.2, 0.25) is 0 Å². The lowest BCUT2D eigenvalue weighted by Crippen LogP contribution is -1.96. The minimum Gasteiger partial charge on any atom is -0.0843 e. The minimum atomic E-state index is 0.509. The average molecular weight is 220 g/mol. The molecule has 0 spiro atoms. The minimum absolute atomic E-state index is 0.509. The Hall–Kier alpha value is 0.210. The number of thioether (sulfide) groups is 1. The van der Waals surface area contributed by atoms with Crippen LogP contribution in [0.25, 0.3) is 0 Å². The summed E-state index contributed by atoms with van der Waals surface area (Å²) in [6.07, 6.45) is 4.51. The summed E-state index contributed by atoms with van der Waals surface area (Å²) in [6.45, 7) is 0. The van der Waals surface area contributed by atoms with E-state index < -0.39 is 0 Å². The van der Waals surface area contributed by atoms with Gasteiger partial charge in [0.05, 0.1) is 12.5 Å². The fourth-order valence-corrected chi connectivity index (χ4v) is 2.66. The van der Waals surface area contributed by atoms with Crippen molar-refractivity contribution in [2.75, 3.05) is 17.6 Å². The molecule has 0 N–H and O–H groups in total. The third kappa shape index (κ3) is 3.74. The van der Waals surface area contributed by atoms with Crippen molar-refractivity contribution in [1.29, 1.82) is 0 Å². The second kappa shape index (κ2) is 5.05. The normalized spacial score (nSPS) is 10.7. The van der Waals surface area contributed by atoms with Gasteiger partial charge in [0.15, 0.2) is 5.08 Å². The van der Waals surface area contributed by atoms with Gasteiger partial charge < -0.3 is 0 Å². The van der Waals surface area contributed by atoms with Crippen molar-refractivity contribution in [3.63, 3.8) is 0 Å². The zero-order valence-corrected chi connectivity index (χ0v) is 9.60. The number of halogens is 1. The summed E-state index contributed by atoms with van der Waals surface area (Å²) in [7, 11) is 0.509. The molecule has 0 aromatic heterocycles. The highest BCUT2D eigenvalue weighted by Gasteiger charge is 2.02. The van der Waals surface area contributed by atoms with Crippen LogP contribution < -0.4 is 0 Å². The standard InChI is InChI=1S/C9H12ClS2/c1-12(2)7-11-9-5-3-8(10)4-6-9/h3-6H,7H2,1-2H3/q+1. The molecular weight excluding hydrogens is 208 g/mol. The van der Waals surface area contributed by atoms with E-state index in [2.05, 4.69) is 24.6 Å². The fourth-order valence-electron chi connectivity index (χ4n) is 0.717. The highest BCUT2D eigenvalue weighted by molar-refractivity contribution is 8.14. The van der Waals surface area contributed by atoms with Crippen LogP contribution in [0.15, 0.2) is 29.2 Å². The molecule has 12 heavy (non-hydrogen) atoms. The van der Waals surface area contributed by atoms with E-state index in [0.717, 1.165) is 5.02 Å².